The highest BCUT2D eigenvalue weighted by molar-refractivity contribution is 7.10. The van der Waals surface area contributed by atoms with E-state index in [-0.39, 0.29) is 18.6 Å². The van der Waals surface area contributed by atoms with Crippen molar-refractivity contribution in [2.75, 3.05) is 19.8 Å². The summed E-state index contributed by atoms with van der Waals surface area (Å²) in [6, 6.07) is 3.47. The minimum absolute atomic E-state index is 0.0355. The van der Waals surface area contributed by atoms with Gasteiger partial charge in [-0.2, -0.15) is 0 Å². The first kappa shape index (κ1) is 14.0. The van der Waals surface area contributed by atoms with Crippen LogP contribution in [0.2, 0.25) is 0 Å². The topological polar surface area (TPSA) is 66.8 Å². The summed E-state index contributed by atoms with van der Waals surface area (Å²) in [5.41, 5.74) is 0. The summed E-state index contributed by atoms with van der Waals surface area (Å²) in [4.78, 5) is 26.1. The quantitative estimate of drug-likeness (QED) is 0.883. The number of hydrogen-bond donors (Lipinski definition) is 1. The van der Waals surface area contributed by atoms with Crippen molar-refractivity contribution in [3.05, 3.63) is 22.4 Å². The molecule has 19 heavy (non-hydrogen) atoms. The van der Waals surface area contributed by atoms with Crippen LogP contribution in [-0.2, 0) is 20.7 Å². The lowest BCUT2D eigenvalue weighted by Gasteiger charge is -2.29. The predicted octanol–water partition coefficient (Wildman–Crippen LogP) is 1.24. The maximum atomic E-state index is 12.3. The van der Waals surface area contributed by atoms with Crippen molar-refractivity contribution >= 4 is 23.2 Å². The Balaban J connectivity index is 2.06. The van der Waals surface area contributed by atoms with E-state index in [0.717, 1.165) is 4.88 Å². The van der Waals surface area contributed by atoms with Crippen LogP contribution in [0.15, 0.2) is 17.5 Å². The SMILES string of the molecule is CCN(C(=O)Cc1cccs1)C1COCC1C(=O)O. The zero-order valence-corrected chi connectivity index (χ0v) is 11.6. The van der Waals surface area contributed by atoms with Crippen molar-refractivity contribution in [2.45, 2.75) is 19.4 Å². The third kappa shape index (κ3) is 3.13. The van der Waals surface area contributed by atoms with E-state index in [9.17, 15) is 9.59 Å². The maximum absolute atomic E-state index is 12.3. The highest BCUT2D eigenvalue weighted by Crippen LogP contribution is 2.21. The van der Waals surface area contributed by atoms with Gasteiger partial charge in [0, 0.05) is 11.4 Å². The first-order chi connectivity index (χ1) is 9.13. The number of amides is 1. The van der Waals surface area contributed by atoms with Crippen LogP contribution in [-0.4, -0.2) is 47.7 Å². The molecule has 0 spiro atoms. The van der Waals surface area contributed by atoms with E-state index < -0.39 is 11.9 Å². The number of carboxylic acid groups (broad SMARTS) is 1. The summed E-state index contributed by atoms with van der Waals surface area (Å²) < 4.78 is 5.23. The molecule has 1 saturated heterocycles. The summed E-state index contributed by atoms with van der Waals surface area (Å²) in [5, 5.41) is 11.1. The maximum Gasteiger partial charge on any atom is 0.311 e. The Labute approximate surface area is 115 Å². The number of carboxylic acids is 1. The number of hydrogen-bond acceptors (Lipinski definition) is 4. The second-order valence-electron chi connectivity index (χ2n) is 4.49. The molecule has 2 atom stereocenters. The lowest BCUT2D eigenvalue weighted by Crippen LogP contribution is -2.47. The molecule has 1 fully saturated rings. The van der Waals surface area contributed by atoms with E-state index in [0.29, 0.717) is 19.6 Å². The monoisotopic (exact) mass is 283 g/mol. The number of aliphatic carboxylic acids is 1. The van der Waals surface area contributed by atoms with Crippen LogP contribution in [0.25, 0.3) is 0 Å². The highest BCUT2D eigenvalue weighted by Gasteiger charge is 2.39. The minimum Gasteiger partial charge on any atom is -0.481 e. The Bertz CT molecular complexity index is 446. The first-order valence-corrected chi connectivity index (χ1v) is 7.13. The number of ether oxygens (including phenoxy) is 1. The van der Waals surface area contributed by atoms with Gasteiger partial charge < -0.3 is 14.7 Å². The number of nitrogens with zero attached hydrogens (tertiary/aromatic N) is 1. The summed E-state index contributed by atoms with van der Waals surface area (Å²) in [7, 11) is 0. The average molecular weight is 283 g/mol. The number of carbonyl (C=O) groups excluding carboxylic acids is 1. The van der Waals surface area contributed by atoms with Gasteiger partial charge in [-0.05, 0) is 18.4 Å². The Morgan fingerprint density at radius 3 is 2.89 bits per heavy atom. The van der Waals surface area contributed by atoms with E-state index in [2.05, 4.69) is 0 Å². The fourth-order valence-electron chi connectivity index (χ4n) is 2.35. The van der Waals surface area contributed by atoms with Gasteiger partial charge in [-0.15, -0.1) is 11.3 Å². The number of carbonyl (C=O) groups is 2. The Morgan fingerprint density at radius 1 is 1.53 bits per heavy atom. The van der Waals surface area contributed by atoms with Gasteiger partial charge in [0.15, 0.2) is 0 Å². The van der Waals surface area contributed by atoms with E-state index in [1.165, 1.54) is 11.3 Å². The molecule has 6 heteroatoms. The van der Waals surface area contributed by atoms with Gasteiger partial charge in [0.25, 0.3) is 0 Å². The zero-order chi connectivity index (χ0) is 13.8. The fraction of sp³-hybridized carbons (Fsp3) is 0.538. The van der Waals surface area contributed by atoms with Gasteiger partial charge >= 0.3 is 5.97 Å². The summed E-state index contributed by atoms with van der Waals surface area (Å²) in [6.07, 6.45) is 0.328. The van der Waals surface area contributed by atoms with Crippen molar-refractivity contribution in [3.8, 4) is 0 Å². The van der Waals surface area contributed by atoms with Crippen LogP contribution < -0.4 is 0 Å². The molecule has 0 aliphatic carbocycles. The van der Waals surface area contributed by atoms with Crippen LogP contribution in [0.5, 0.6) is 0 Å². The van der Waals surface area contributed by atoms with E-state index in [1.54, 1.807) is 4.90 Å². The van der Waals surface area contributed by atoms with Gasteiger partial charge in [-0.1, -0.05) is 6.07 Å². The Morgan fingerprint density at radius 2 is 2.32 bits per heavy atom. The third-order valence-corrected chi connectivity index (χ3v) is 4.21. The molecule has 1 aliphatic heterocycles. The molecule has 104 valence electrons. The predicted molar refractivity (Wildman–Crippen MR) is 71.1 cm³/mol. The minimum atomic E-state index is -0.898. The molecule has 1 aromatic heterocycles. The molecule has 0 aromatic carbocycles. The standard InChI is InChI=1S/C13H17NO4S/c1-2-14(11-8-18-7-10(11)13(16)17)12(15)6-9-4-3-5-19-9/h3-5,10-11H,2,6-8H2,1H3,(H,16,17). The fourth-order valence-corrected chi connectivity index (χ4v) is 3.04. The highest BCUT2D eigenvalue weighted by atomic mass is 32.1. The smallest absolute Gasteiger partial charge is 0.311 e. The van der Waals surface area contributed by atoms with Gasteiger partial charge in [-0.25, -0.2) is 0 Å². The largest absolute Gasteiger partial charge is 0.481 e. The summed E-state index contributed by atoms with van der Waals surface area (Å²) in [6.45, 7) is 2.86. The lowest BCUT2D eigenvalue weighted by atomic mass is 10.0. The second kappa shape index (κ2) is 6.16. The van der Waals surface area contributed by atoms with Crippen molar-refractivity contribution in [1.29, 1.82) is 0 Å². The Hall–Kier alpha value is -1.40. The van der Waals surface area contributed by atoms with E-state index >= 15 is 0 Å². The van der Waals surface area contributed by atoms with Crippen LogP contribution in [0.4, 0.5) is 0 Å². The molecule has 1 aromatic rings. The van der Waals surface area contributed by atoms with Gasteiger partial charge in [0.1, 0.15) is 5.92 Å². The van der Waals surface area contributed by atoms with E-state index in [1.807, 2.05) is 24.4 Å². The molecule has 0 saturated carbocycles. The molecule has 1 N–H and O–H groups in total. The first-order valence-electron chi connectivity index (χ1n) is 6.26. The zero-order valence-electron chi connectivity index (χ0n) is 10.7. The molecule has 0 radical (unpaired) electrons. The molecule has 0 bridgehead atoms. The van der Waals surface area contributed by atoms with Crippen LogP contribution in [0.3, 0.4) is 0 Å². The van der Waals surface area contributed by atoms with Crippen molar-refractivity contribution < 1.29 is 19.4 Å². The van der Waals surface area contributed by atoms with Crippen molar-refractivity contribution in [3.63, 3.8) is 0 Å². The second-order valence-corrected chi connectivity index (χ2v) is 5.52. The molecule has 2 unspecified atom stereocenters. The summed E-state index contributed by atoms with van der Waals surface area (Å²) >= 11 is 1.53. The van der Waals surface area contributed by atoms with Gasteiger partial charge in [-0.3, -0.25) is 9.59 Å². The van der Waals surface area contributed by atoms with Gasteiger partial charge in [0.2, 0.25) is 5.91 Å². The number of likely N-dealkylation sites (N-methyl/N-ethyl adjacent to an activating group) is 1. The lowest BCUT2D eigenvalue weighted by molar-refractivity contribution is -0.144. The van der Waals surface area contributed by atoms with Crippen LogP contribution >= 0.6 is 11.3 Å². The molecule has 1 aliphatic rings. The van der Waals surface area contributed by atoms with E-state index in [4.69, 9.17) is 9.84 Å². The van der Waals surface area contributed by atoms with Crippen LogP contribution in [0, 0.1) is 5.92 Å². The Kier molecular flexibility index (Phi) is 4.55. The molecular formula is C13H17NO4S. The third-order valence-electron chi connectivity index (χ3n) is 3.33. The number of thiophene rings is 1. The molecule has 1 amide bonds. The number of rotatable bonds is 5. The molecule has 5 nitrogen and oxygen atoms in total. The molecule has 2 rings (SSSR count). The van der Waals surface area contributed by atoms with Gasteiger partial charge in [0.05, 0.1) is 25.7 Å². The normalized spacial score (nSPS) is 22.4. The van der Waals surface area contributed by atoms with Crippen molar-refractivity contribution in [2.24, 2.45) is 5.92 Å². The van der Waals surface area contributed by atoms with Crippen LogP contribution in [0.1, 0.15) is 11.8 Å². The molecule has 2 heterocycles. The average Bonchev–Trinajstić information content (AvgIpc) is 3.00. The molecular weight excluding hydrogens is 266 g/mol. The van der Waals surface area contributed by atoms with Crippen molar-refractivity contribution in [1.82, 2.24) is 4.90 Å². The summed E-state index contributed by atoms with van der Waals surface area (Å²) in [5.74, 6) is -1.55.